The molecule has 0 radical (unpaired) electrons. The largest absolute Gasteiger partial charge is 0.550 e. The van der Waals surface area contributed by atoms with Gasteiger partial charge in [0.05, 0.1) is 0 Å². The maximum absolute atomic E-state index is 12.4. The van der Waals surface area contributed by atoms with E-state index >= 15 is 0 Å². The number of fused-ring (bicyclic) bond motifs is 1. The minimum atomic E-state index is -1.14. The molecule has 1 fully saturated rings. The van der Waals surface area contributed by atoms with Gasteiger partial charge in [0.2, 0.25) is 5.91 Å². The molecule has 2 aliphatic rings. The maximum atomic E-state index is 12.4. The van der Waals surface area contributed by atoms with Gasteiger partial charge in [-0.2, -0.15) is 0 Å². The van der Waals surface area contributed by atoms with Crippen LogP contribution in [0.5, 0.6) is 11.5 Å². The third kappa shape index (κ3) is 3.00. The summed E-state index contributed by atoms with van der Waals surface area (Å²) in [5.41, 5.74) is 0.580. The van der Waals surface area contributed by atoms with Crippen molar-refractivity contribution in [3.63, 3.8) is 0 Å². The van der Waals surface area contributed by atoms with Gasteiger partial charge in [0.15, 0.2) is 11.5 Å². The SMILES string of the molecule is O=C([O-])[C@@H]1CCCC[C@H]1C(=O)Nc1ccc2c(c1)OCCO2. The van der Waals surface area contributed by atoms with Crippen LogP contribution in [0.1, 0.15) is 25.7 Å². The Kier molecular flexibility index (Phi) is 4.18. The van der Waals surface area contributed by atoms with E-state index in [0.29, 0.717) is 43.2 Å². The van der Waals surface area contributed by atoms with Crippen molar-refractivity contribution in [3.8, 4) is 11.5 Å². The van der Waals surface area contributed by atoms with Crippen molar-refractivity contribution in [3.05, 3.63) is 18.2 Å². The number of carbonyl (C=O) groups excluding carboxylic acids is 2. The summed E-state index contributed by atoms with van der Waals surface area (Å²) in [6, 6.07) is 5.16. The molecule has 0 unspecified atom stereocenters. The predicted molar refractivity (Wildman–Crippen MR) is 76.5 cm³/mol. The van der Waals surface area contributed by atoms with Crippen LogP contribution in [-0.4, -0.2) is 25.1 Å². The van der Waals surface area contributed by atoms with Gasteiger partial charge in [0.25, 0.3) is 0 Å². The normalized spacial score (nSPS) is 23.6. The smallest absolute Gasteiger partial charge is 0.228 e. The minimum Gasteiger partial charge on any atom is -0.550 e. The third-order valence-corrected chi connectivity index (χ3v) is 4.22. The fourth-order valence-electron chi connectivity index (χ4n) is 3.08. The third-order valence-electron chi connectivity index (χ3n) is 4.22. The lowest BCUT2D eigenvalue weighted by molar-refractivity contribution is -0.313. The average molecular weight is 304 g/mol. The highest BCUT2D eigenvalue weighted by Gasteiger charge is 2.31. The summed E-state index contributed by atoms with van der Waals surface area (Å²) in [4.78, 5) is 23.6. The Hall–Kier alpha value is -2.24. The van der Waals surface area contributed by atoms with Crippen LogP contribution in [0.3, 0.4) is 0 Å². The molecule has 6 nitrogen and oxygen atoms in total. The van der Waals surface area contributed by atoms with Crippen LogP contribution in [0.4, 0.5) is 5.69 Å². The van der Waals surface area contributed by atoms with Gasteiger partial charge in [-0.15, -0.1) is 0 Å². The number of rotatable bonds is 3. The van der Waals surface area contributed by atoms with Gasteiger partial charge in [-0.3, -0.25) is 4.79 Å². The maximum Gasteiger partial charge on any atom is 0.228 e. The highest BCUT2D eigenvalue weighted by molar-refractivity contribution is 5.95. The number of amides is 1. The minimum absolute atomic E-state index is 0.273. The number of carbonyl (C=O) groups is 2. The summed E-state index contributed by atoms with van der Waals surface area (Å²) in [6.45, 7) is 0.980. The summed E-state index contributed by atoms with van der Waals surface area (Å²) < 4.78 is 10.9. The van der Waals surface area contributed by atoms with E-state index < -0.39 is 17.8 Å². The zero-order valence-electron chi connectivity index (χ0n) is 12.2. The Morgan fingerprint density at radius 1 is 1.05 bits per heavy atom. The van der Waals surface area contributed by atoms with Gasteiger partial charge in [-0.1, -0.05) is 12.8 Å². The van der Waals surface area contributed by atoms with Crippen LogP contribution in [0.25, 0.3) is 0 Å². The lowest BCUT2D eigenvalue weighted by Crippen LogP contribution is -2.42. The summed E-state index contributed by atoms with van der Waals surface area (Å²) >= 11 is 0. The lowest BCUT2D eigenvalue weighted by atomic mass is 9.78. The molecule has 3 rings (SSSR count). The zero-order chi connectivity index (χ0) is 15.5. The molecule has 0 bridgehead atoms. The molecule has 1 aliphatic heterocycles. The monoisotopic (exact) mass is 304 g/mol. The van der Waals surface area contributed by atoms with Crippen molar-refractivity contribution >= 4 is 17.6 Å². The molecule has 0 aromatic heterocycles. The van der Waals surface area contributed by atoms with Crippen LogP contribution >= 0.6 is 0 Å². The molecular weight excluding hydrogens is 286 g/mol. The second-order valence-corrected chi connectivity index (χ2v) is 5.66. The first-order chi connectivity index (χ1) is 10.6. The van der Waals surface area contributed by atoms with Crippen LogP contribution < -0.4 is 19.9 Å². The molecule has 1 aromatic rings. The molecule has 118 valence electrons. The molecule has 1 aromatic carbocycles. The van der Waals surface area contributed by atoms with Crippen molar-refractivity contribution in [1.82, 2.24) is 0 Å². The zero-order valence-corrected chi connectivity index (χ0v) is 12.2. The number of hydrogen-bond donors (Lipinski definition) is 1. The molecule has 1 aliphatic carbocycles. The number of hydrogen-bond acceptors (Lipinski definition) is 5. The van der Waals surface area contributed by atoms with Crippen LogP contribution in [0, 0.1) is 11.8 Å². The average Bonchev–Trinajstić information content (AvgIpc) is 2.54. The molecule has 0 saturated heterocycles. The summed E-state index contributed by atoms with van der Waals surface area (Å²) in [6.07, 6.45) is 2.77. The van der Waals surface area contributed by atoms with Crippen LogP contribution in [-0.2, 0) is 9.59 Å². The number of benzene rings is 1. The quantitative estimate of drug-likeness (QED) is 0.898. The van der Waals surface area contributed by atoms with Crippen molar-refractivity contribution in [1.29, 1.82) is 0 Å². The number of ether oxygens (including phenoxy) is 2. The number of nitrogens with one attached hydrogen (secondary N) is 1. The van der Waals surface area contributed by atoms with E-state index in [1.54, 1.807) is 18.2 Å². The molecule has 22 heavy (non-hydrogen) atoms. The standard InChI is InChI=1S/C16H19NO5/c18-15(11-3-1-2-4-12(11)16(19)20)17-10-5-6-13-14(9-10)22-8-7-21-13/h5-6,9,11-12H,1-4,7-8H2,(H,17,18)(H,19,20)/p-1/t11-,12-/m1/s1. The van der Waals surface area contributed by atoms with E-state index in [9.17, 15) is 14.7 Å². The second kappa shape index (κ2) is 6.25. The molecule has 1 N–H and O–H groups in total. The van der Waals surface area contributed by atoms with Crippen LogP contribution in [0.15, 0.2) is 18.2 Å². The van der Waals surface area contributed by atoms with E-state index in [4.69, 9.17) is 9.47 Å². The Morgan fingerprint density at radius 2 is 1.73 bits per heavy atom. The van der Waals surface area contributed by atoms with Crippen molar-refractivity contribution in [2.75, 3.05) is 18.5 Å². The Labute approximate surface area is 128 Å². The van der Waals surface area contributed by atoms with Gasteiger partial charge in [0, 0.05) is 29.6 Å². The number of carboxylic acid groups (broad SMARTS) is 1. The Morgan fingerprint density at radius 3 is 2.45 bits per heavy atom. The van der Waals surface area contributed by atoms with Gasteiger partial charge >= 0.3 is 0 Å². The first kappa shape index (κ1) is 14.7. The van der Waals surface area contributed by atoms with E-state index in [1.165, 1.54) is 0 Å². The Balaban J connectivity index is 1.71. The van der Waals surface area contributed by atoms with Crippen molar-refractivity contribution < 1.29 is 24.2 Å². The van der Waals surface area contributed by atoms with E-state index in [0.717, 1.165) is 12.8 Å². The molecule has 1 amide bonds. The summed E-state index contributed by atoms with van der Waals surface area (Å²) in [7, 11) is 0. The topological polar surface area (TPSA) is 87.7 Å². The molecule has 1 saturated carbocycles. The number of aliphatic carboxylic acids is 1. The van der Waals surface area contributed by atoms with E-state index in [2.05, 4.69) is 5.32 Å². The number of carboxylic acids is 1. The van der Waals surface area contributed by atoms with E-state index in [-0.39, 0.29) is 5.91 Å². The lowest BCUT2D eigenvalue weighted by Gasteiger charge is -2.31. The van der Waals surface area contributed by atoms with Gasteiger partial charge in [-0.05, 0) is 25.0 Å². The van der Waals surface area contributed by atoms with Gasteiger partial charge in [0.1, 0.15) is 13.2 Å². The molecule has 2 atom stereocenters. The highest BCUT2D eigenvalue weighted by atomic mass is 16.6. The summed E-state index contributed by atoms with van der Waals surface area (Å²) in [5.74, 6) is -1.41. The second-order valence-electron chi connectivity index (χ2n) is 5.66. The molecule has 6 heteroatoms. The first-order valence-corrected chi connectivity index (χ1v) is 7.56. The predicted octanol–water partition coefficient (Wildman–Crippen LogP) is 0.953. The van der Waals surface area contributed by atoms with Gasteiger partial charge < -0.3 is 24.7 Å². The van der Waals surface area contributed by atoms with Gasteiger partial charge in [-0.25, -0.2) is 0 Å². The molecular formula is C16H18NO5-. The van der Waals surface area contributed by atoms with Crippen molar-refractivity contribution in [2.24, 2.45) is 11.8 Å². The van der Waals surface area contributed by atoms with Crippen molar-refractivity contribution in [2.45, 2.75) is 25.7 Å². The fraction of sp³-hybridized carbons (Fsp3) is 0.500. The number of anilines is 1. The molecule has 0 spiro atoms. The summed E-state index contributed by atoms with van der Waals surface area (Å²) in [5, 5.41) is 14.0. The highest BCUT2D eigenvalue weighted by Crippen LogP contribution is 2.34. The van der Waals surface area contributed by atoms with E-state index in [1.807, 2.05) is 0 Å². The fourth-order valence-corrected chi connectivity index (χ4v) is 3.08. The molecule has 1 heterocycles. The first-order valence-electron chi connectivity index (χ1n) is 7.56. The van der Waals surface area contributed by atoms with Crippen LogP contribution in [0.2, 0.25) is 0 Å². The Bertz CT molecular complexity index is 586.